The van der Waals surface area contributed by atoms with E-state index in [0.29, 0.717) is 16.8 Å². The van der Waals surface area contributed by atoms with Gasteiger partial charge in [-0.2, -0.15) is 4.98 Å². The lowest BCUT2D eigenvalue weighted by molar-refractivity contribution is -0.133. The number of fused-ring (bicyclic) bond motifs is 1. The molecule has 2 aromatic carbocycles. The first-order valence-electron chi connectivity index (χ1n) is 10.3. The minimum Gasteiger partial charge on any atom is -0.372 e. The summed E-state index contributed by atoms with van der Waals surface area (Å²) in [7, 11) is 0. The quantitative estimate of drug-likeness (QED) is 0.436. The van der Waals surface area contributed by atoms with E-state index in [9.17, 15) is 14.7 Å². The molecule has 0 spiro atoms. The zero-order chi connectivity index (χ0) is 22.3. The van der Waals surface area contributed by atoms with E-state index in [1.165, 1.54) is 0 Å². The normalized spacial score (nSPS) is 15.3. The maximum Gasteiger partial charge on any atom is 0.258 e. The van der Waals surface area contributed by atoms with E-state index < -0.39 is 11.5 Å². The number of pyridine rings is 1. The van der Waals surface area contributed by atoms with Crippen molar-refractivity contribution in [1.82, 2.24) is 14.6 Å². The van der Waals surface area contributed by atoms with Gasteiger partial charge in [0.2, 0.25) is 11.9 Å². The molecule has 1 saturated carbocycles. The predicted molar refractivity (Wildman–Crippen MR) is 118 cm³/mol. The van der Waals surface area contributed by atoms with Crippen molar-refractivity contribution in [1.29, 1.82) is 0 Å². The molecule has 0 bridgehead atoms. The number of carbonyl (C=O) groups is 2. The Hall–Kier alpha value is -4.04. The number of amides is 2. The van der Waals surface area contributed by atoms with Crippen LogP contribution in [-0.2, 0) is 15.2 Å². The molecule has 4 N–H and O–H groups in total. The van der Waals surface area contributed by atoms with Crippen LogP contribution in [-0.4, -0.2) is 31.5 Å². The fourth-order valence-corrected chi connectivity index (χ4v) is 3.75. The smallest absolute Gasteiger partial charge is 0.258 e. The third-order valence-electron chi connectivity index (χ3n) is 5.69. The predicted octanol–water partition coefficient (Wildman–Crippen LogP) is 2.47. The number of hydrogen-bond acceptors (Lipinski definition) is 5. The van der Waals surface area contributed by atoms with Crippen molar-refractivity contribution < 1.29 is 14.7 Å². The second kappa shape index (κ2) is 7.58. The summed E-state index contributed by atoms with van der Waals surface area (Å²) < 4.78 is 1.65. The second-order valence-corrected chi connectivity index (χ2v) is 7.90. The Bertz CT molecular complexity index is 1310. The molecule has 2 aromatic heterocycles. The minimum absolute atomic E-state index is 0.0570. The summed E-state index contributed by atoms with van der Waals surface area (Å²) in [6.45, 7) is 0. The number of nitrogens with two attached hydrogens (primary N) is 1. The fraction of sp³-hybridized carbons (Fsp3) is 0.167. The van der Waals surface area contributed by atoms with Crippen LogP contribution in [0.3, 0.4) is 0 Å². The molecule has 8 nitrogen and oxygen atoms in total. The van der Waals surface area contributed by atoms with Gasteiger partial charge in [0.1, 0.15) is 0 Å². The zero-order valence-electron chi connectivity index (χ0n) is 17.1. The number of benzene rings is 2. The molecule has 8 heteroatoms. The fourth-order valence-electron chi connectivity index (χ4n) is 3.75. The molecule has 4 aromatic rings. The Morgan fingerprint density at radius 1 is 0.969 bits per heavy atom. The number of nitrogens with one attached hydrogen (secondary N) is 1. The molecule has 1 unspecified atom stereocenters. The third kappa shape index (κ3) is 3.40. The molecule has 0 aliphatic heterocycles. The molecule has 1 aliphatic carbocycles. The number of anilines is 1. The lowest BCUT2D eigenvalue weighted by Gasteiger charge is -2.26. The number of hydrogen-bond donors (Lipinski definition) is 3. The van der Waals surface area contributed by atoms with Gasteiger partial charge in [-0.1, -0.05) is 60.7 Å². The van der Waals surface area contributed by atoms with Crippen LogP contribution in [0.2, 0.25) is 0 Å². The number of carbonyl (C=O) groups excluding carboxylic acids is 2. The van der Waals surface area contributed by atoms with E-state index in [2.05, 4.69) is 15.4 Å². The van der Waals surface area contributed by atoms with Crippen molar-refractivity contribution in [2.45, 2.75) is 18.4 Å². The first-order chi connectivity index (χ1) is 15.5. The second-order valence-electron chi connectivity index (χ2n) is 7.90. The average molecular weight is 427 g/mol. The summed E-state index contributed by atoms with van der Waals surface area (Å²) >= 11 is 0. The lowest BCUT2D eigenvalue weighted by Crippen LogP contribution is -2.42. The van der Waals surface area contributed by atoms with Crippen LogP contribution >= 0.6 is 0 Å². The highest BCUT2D eigenvalue weighted by Gasteiger charge is 2.38. The topological polar surface area (TPSA) is 123 Å². The summed E-state index contributed by atoms with van der Waals surface area (Å²) in [6.07, 6.45) is 1.80. The van der Waals surface area contributed by atoms with Crippen LogP contribution in [0.5, 0.6) is 0 Å². The summed E-state index contributed by atoms with van der Waals surface area (Å²) in [5.41, 5.74) is 6.53. The maximum absolute atomic E-state index is 12.2. The van der Waals surface area contributed by atoms with Gasteiger partial charge >= 0.3 is 0 Å². The monoisotopic (exact) mass is 427 g/mol. The number of aliphatic hydroxyl groups is 1. The van der Waals surface area contributed by atoms with Crippen molar-refractivity contribution >= 4 is 23.4 Å². The van der Waals surface area contributed by atoms with Gasteiger partial charge in [0.15, 0.2) is 11.2 Å². The van der Waals surface area contributed by atoms with E-state index in [-0.39, 0.29) is 17.8 Å². The van der Waals surface area contributed by atoms with Gasteiger partial charge in [-0.3, -0.25) is 14.9 Å². The van der Waals surface area contributed by atoms with Gasteiger partial charge in [0, 0.05) is 11.5 Å². The Morgan fingerprint density at radius 2 is 1.66 bits per heavy atom. The molecule has 1 atom stereocenters. The van der Waals surface area contributed by atoms with Crippen LogP contribution in [0.25, 0.3) is 16.9 Å². The van der Waals surface area contributed by atoms with E-state index in [1.807, 2.05) is 12.1 Å². The van der Waals surface area contributed by atoms with Gasteiger partial charge in [-0.25, -0.2) is 4.52 Å². The van der Waals surface area contributed by atoms with Crippen molar-refractivity contribution in [3.63, 3.8) is 0 Å². The molecule has 160 valence electrons. The van der Waals surface area contributed by atoms with Crippen molar-refractivity contribution in [3.05, 3.63) is 83.9 Å². The van der Waals surface area contributed by atoms with E-state index in [4.69, 9.17) is 5.73 Å². The summed E-state index contributed by atoms with van der Waals surface area (Å²) in [5.74, 6) is -0.593. The van der Waals surface area contributed by atoms with Gasteiger partial charge < -0.3 is 10.8 Å². The standard InChI is InChI=1S/C24H21N5O3/c25-22(31)24(32,17-5-2-1-3-6-17)18-13-11-15(12-14-18)19-7-4-8-20-26-23(28-29(19)20)27-21(30)16-9-10-16/h1-8,11-14,16,32H,9-10H2,(H2,25,31)(H,27,28,30). The lowest BCUT2D eigenvalue weighted by atomic mass is 9.85. The summed E-state index contributed by atoms with van der Waals surface area (Å²) in [5, 5.41) is 18.4. The molecular weight excluding hydrogens is 406 g/mol. The summed E-state index contributed by atoms with van der Waals surface area (Å²) in [6, 6.07) is 21.0. The Labute approximate surface area is 183 Å². The SMILES string of the molecule is NC(=O)C(O)(c1ccccc1)c1ccc(-c2cccc3nc(NC(=O)C4CC4)nn23)cc1. The maximum atomic E-state index is 12.2. The molecule has 0 radical (unpaired) electrons. The Balaban J connectivity index is 1.50. The minimum atomic E-state index is -1.95. The van der Waals surface area contributed by atoms with Crippen molar-refractivity contribution in [2.24, 2.45) is 11.7 Å². The first kappa shape index (κ1) is 19.9. The van der Waals surface area contributed by atoms with Crippen molar-refractivity contribution in [2.75, 3.05) is 5.32 Å². The molecule has 0 saturated heterocycles. The number of rotatable bonds is 6. The highest BCUT2D eigenvalue weighted by atomic mass is 16.3. The Kier molecular flexibility index (Phi) is 4.71. The van der Waals surface area contributed by atoms with Crippen LogP contribution in [0.15, 0.2) is 72.8 Å². The van der Waals surface area contributed by atoms with Gasteiger partial charge in [0.05, 0.1) is 5.69 Å². The zero-order valence-corrected chi connectivity index (χ0v) is 17.1. The van der Waals surface area contributed by atoms with Crippen LogP contribution in [0.4, 0.5) is 5.95 Å². The van der Waals surface area contributed by atoms with E-state index >= 15 is 0 Å². The van der Waals surface area contributed by atoms with Crippen molar-refractivity contribution in [3.8, 4) is 11.3 Å². The molecule has 32 heavy (non-hydrogen) atoms. The van der Waals surface area contributed by atoms with Gasteiger partial charge in [0.25, 0.3) is 5.91 Å². The number of primary amides is 1. The highest BCUT2D eigenvalue weighted by molar-refractivity contribution is 5.92. The molecule has 1 aliphatic rings. The van der Waals surface area contributed by atoms with E-state index in [1.54, 1.807) is 65.2 Å². The first-order valence-corrected chi connectivity index (χ1v) is 10.3. The van der Waals surface area contributed by atoms with Gasteiger partial charge in [-0.15, -0.1) is 5.10 Å². The van der Waals surface area contributed by atoms with E-state index in [0.717, 1.165) is 24.1 Å². The third-order valence-corrected chi connectivity index (χ3v) is 5.69. The highest BCUT2D eigenvalue weighted by Crippen LogP contribution is 2.32. The van der Waals surface area contributed by atoms with Crippen LogP contribution in [0.1, 0.15) is 24.0 Å². The molecule has 2 amide bonds. The largest absolute Gasteiger partial charge is 0.372 e. The number of aromatic nitrogens is 3. The average Bonchev–Trinajstić information content (AvgIpc) is 3.59. The van der Waals surface area contributed by atoms with Crippen LogP contribution < -0.4 is 11.1 Å². The molecule has 2 heterocycles. The molecular formula is C24H21N5O3. The van der Waals surface area contributed by atoms with Crippen LogP contribution in [0, 0.1) is 5.92 Å². The van der Waals surface area contributed by atoms with Gasteiger partial charge in [-0.05, 0) is 36.1 Å². The Morgan fingerprint density at radius 3 is 2.31 bits per heavy atom. The number of nitrogens with zero attached hydrogens (tertiary/aromatic N) is 3. The summed E-state index contributed by atoms with van der Waals surface area (Å²) in [4.78, 5) is 28.6. The molecule has 1 fully saturated rings. The molecule has 5 rings (SSSR count).